The van der Waals surface area contributed by atoms with Crippen molar-refractivity contribution in [1.29, 1.82) is 0 Å². The van der Waals surface area contributed by atoms with Crippen molar-refractivity contribution in [1.82, 2.24) is 8.28 Å². The molecule has 0 aliphatic carbocycles. The Morgan fingerprint density at radius 3 is 2.00 bits per heavy atom. The van der Waals surface area contributed by atoms with E-state index in [1.54, 1.807) is 60.7 Å². The van der Waals surface area contributed by atoms with Gasteiger partial charge >= 0.3 is 5.97 Å². The summed E-state index contributed by atoms with van der Waals surface area (Å²) in [4.78, 5) is 12.5. The summed E-state index contributed by atoms with van der Waals surface area (Å²) >= 11 is 0. The molecule has 1 aliphatic rings. The lowest BCUT2D eigenvalue weighted by Gasteiger charge is -2.33. The summed E-state index contributed by atoms with van der Waals surface area (Å²) < 4.78 is 62.3. The Hall–Kier alpha value is -3.47. The molecular formula is C26H24N2O6S2. The zero-order valence-corrected chi connectivity index (χ0v) is 21.1. The highest BCUT2D eigenvalue weighted by Gasteiger charge is 2.40. The van der Waals surface area contributed by atoms with E-state index in [1.807, 2.05) is 0 Å². The summed E-state index contributed by atoms with van der Waals surface area (Å²) in [7, 11) is -6.78. The van der Waals surface area contributed by atoms with Gasteiger partial charge in [-0.2, -0.15) is 4.31 Å². The summed E-state index contributed by atoms with van der Waals surface area (Å²) in [5, 5.41) is 0.665. The molecule has 0 bridgehead atoms. The van der Waals surface area contributed by atoms with Crippen molar-refractivity contribution >= 4 is 36.9 Å². The van der Waals surface area contributed by atoms with Crippen LogP contribution in [0.3, 0.4) is 0 Å². The second-order valence-electron chi connectivity index (χ2n) is 8.55. The third-order valence-electron chi connectivity index (χ3n) is 6.43. The van der Waals surface area contributed by atoms with Crippen molar-refractivity contribution in [3.63, 3.8) is 0 Å². The number of hydrogen-bond acceptors (Lipinski definition) is 6. The minimum Gasteiger partial charge on any atom is -0.469 e. The van der Waals surface area contributed by atoms with Gasteiger partial charge in [-0.3, -0.25) is 4.79 Å². The molecule has 1 atom stereocenters. The van der Waals surface area contributed by atoms with Crippen LogP contribution in [-0.2, 0) is 36.1 Å². The number of carbonyl (C=O) groups is 1. The van der Waals surface area contributed by atoms with Crippen molar-refractivity contribution in [2.24, 2.45) is 0 Å². The molecule has 3 aromatic carbocycles. The van der Waals surface area contributed by atoms with Gasteiger partial charge in [-0.25, -0.2) is 20.8 Å². The number of rotatable bonds is 6. The molecule has 0 saturated carbocycles. The van der Waals surface area contributed by atoms with Crippen LogP contribution in [0.4, 0.5) is 0 Å². The van der Waals surface area contributed by atoms with Crippen molar-refractivity contribution in [3.8, 4) is 0 Å². The molecule has 10 heteroatoms. The SMILES string of the molecule is COC(=O)CC1CN(S(=O)(=O)c2ccccc2)Cc2c1c1ccccc1n2S(=O)(=O)c1ccccc1. The summed E-state index contributed by atoms with van der Waals surface area (Å²) in [6.45, 7) is -0.149. The Bertz CT molecular complexity index is 1650. The fourth-order valence-electron chi connectivity index (χ4n) is 4.81. The van der Waals surface area contributed by atoms with Gasteiger partial charge in [0.2, 0.25) is 10.0 Å². The van der Waals surface area contributed by atoms with Crippen LogP contribution in [0.5, 0.6) is 0 Å². The Balaban J connectivity index is 1.77. The van der Waals surface area contributed by atoms with Gasteiger partial charge in [0.15, 0.2) is 0 Å². The number of para-hydroxylation sites is 1. The average molecular weight is 525 g/mol. The van der Waals surface area contributed by atoms with Crippen molar-refractivity contribution in [2.75, 3.05) is 13.7 Å². The van der Waals surface area contributed by atoms with E-state index in [-0.39, 0.29) is 29.3 Å². The molecule has 0 saturated heterocycles. The predicted molar refractivity (Wildman–Crippen MR) is 134 cm³/mol. The number of sulfonamides is 1. The number of fused-ring (bicyclic) bond motifs is 3. The molecule has 0 N–H and O–H groups in total. The fraction of sp³-hybridized carbons (Fsp3) is 0.192. The number of esters is 1. The minimum absolute atomic E-state index is 0.0126. The lowest BCUT2D eigenvalue weighted by molar-refractivity contribution is -0.141. The molecule has 4 aromatic rings. The standard InChI is InChI=1S/C26H24N2O6S2/c1-34-25(29)16-19-17-27(35(30,31)20-10-4-2-5-11-20)18-24-26(19)22-14-8-9-15-23(22)28(24)36(32,33)21-12-6-3-7-13-21/h2-15,19H,16-18H2,1H3. The second kappa shape index (κ2) is 9.20. The molecule has 0 amide bonds. The van der Waals surface area contributed by atoms with E-state index < -0.39 is 31.9 Å². The molecule has 1 aromatic heterocycles. The quantitative estimate of drug-likeness (QED) is 0.356. The number of nitrogens with zero attached hydrogens (tertiary/aromatic N) is 2. The summed E-state index contributed by atoms with van der Waals surface area (Å²) in [6, 6.07) is 23.0. The first-order valence-corrected chi connectivity index (χ1v) is 14.2. The normalized spacial score (nSPS) is 16.5. The van der Waals surface area contributed by atoms with Gasteiger partial charge in [-0.15, -0.1) is 0 Å². The van der Waals surface area contributed by atoms with E-state index in [1.165, 1.54) is 39.7 Å². The zero-order valence-electron chi connectivity index (χ0n) is 19.4. The molecular weight excluding hydrogens is 500 g/mol. The molecule has 186 valence electrons. The Kier molecular flexibility index (Phi) is 6.19. The van der Waals surface area contributed by atoms with Gasteiger partial charge < -0.3 is 4.74 Å². The molecule has 1 aliphatic heterocycles. The number of methoxy groups -OCH3 is 1. The number of hydrogen-bond donors (Lipinski definition) is 0. The van der Waals surface area contributed by atoms with Crippen LogP contribution < -0.4 is 0 Å². The summed E-state index contributed by atoms with van der Waals surface area (Å²) in [6.07, 6.45) is -0.0935. The highest BCUT2D eigenvalue weighted by Crippen LogP contribution is 2.42. The van der Waals surface area contributed by atoms with Crippen LogP contribution in [0.25, 0.3) is 10.9 Å². The molecule has 2 heterocycles. The monoisotopic (exact) mass is 524 g/mol. The van der Waals surface area contributed by atoms with E-state index in [2.05, 4.69) is 0 Å². The van der Waals surface area contributed by atoms with Crippen LogP contribution in [0.1, 0.15) is 23.6 Å². The summed E-state index contributed by atoms with van der Waals surface area (Å²) in [5.41, 5.74) is 1.40. The lowest BCUT2D eigenvalue weighted by Crippen LogP contribution is -2.40. The largest absolute Gasteiger partial charge is 0.469 e. The molecule has 0 fully saturated rings. The van der Waals surface area contributed by atoms with Crippen LogP contribution in [-0.4, -0.2) is 44.7 Å². The first-order chi connectivity index (χ1) is 17.2. The minimum atomic E-state index is -4.08. The molecule has 36 heavy (non-hydrogen) atoms. The van der Waals surface area contributed by atoms with Gasteiger partial charge in [0.25, 0.3) is 10.0 Å². The number of benzene rings is 3. The van der Waals surface area contributed by atoms with Crippen molar-refractivity contribution in [2.45, 2.75) is 28.7 Å². The second-order valence-corrected chi connectivity index (χ2v) is 12.3. The Labute approximate surface area is 209 Å². The lowest BCUT2D eigenvalue weighted by atomic mass is 9.90. The summed E-state index contributed by atoms with van der Waals surface area (Å²) in [5.74, 6) is -1.11. The Morgan fingerprint density at radius 2 is 1.39 bits per heavy atom. The maximum atomic E-state index is 13.9. The highest BCUT2D eigenvalue weighted by atomic mass is 32.2. The van der Waals surface area contributed by atoms with E-state index >= 15 is 0 Å². The smallest absolute Gasteiger partial charge is 0.306 e. The topological polar surface area (TPSA) is 103 Å². The van der Waals surface area contributed by atoms with Crippen LogP contribution in [0.2, 0.25) is 0 Å². The van der Waals surface area contributed by atoms with Crippen LogP contribution in [0, 0.1) is 0 Å². The molecule has 1 unspecified atom stereocenters. The molecule has 8 nitrogen and oxygen atoms in total. The van der Waals surface area contributed by atoms with Crippen molar-refractivity contribution in [3.05, 3.63) is 96.2 Å². The van der Waals surface area contributed by atoms with E-state index in [9.17, 15) is 21.6 Å². The number of aromatic nitrogens is 1. The van der Waals surface area contributed by atoms with Crippen LogP contribution >= 0.6 is 0 Å². The third kappa shape index (κ3) is 4.01. The van der Waals surface area contributed by atoms with Gasteiger partial charge in [-0.1, -0.05) is 54.6 Å². The number of carbonyl (C=O) groups excluding carboxylic acids is 1. The van der Waals surface area contributed by atoms with E-state index in [0.717, 1.165) is 0 Å². The maximum absolute atomic E-state index is 13.9. The zero-order chi connectivity index (χ0) is 25.5. The number of ether oxygens (including phenoxy) is 1. The van der Waals surface area contributed by atoms with Gasteiger partial charge in [-0.05, 0) is 35.9 Å². The predicted octanol–water partition coefficient (Wildman–Crippen LogP) is 3.73. The third-order valence-corrected chi connectivity index (χ3v) is 10.0. The fourth-order valence-corrected chi connectivity index (χ4v) is 7.85. The average Bonchev–Trinajstić information content (AvgIpc) is 3.25. The van der Waals surface area contributed by atoms with Gasteiger partial charge in [0.1, 0.15) is 0 Å². The molecule has 5 rings (SSSR count). The van der Waals surface area contributed by atoms with Gasteiger partial charge in [0, 0.05) is 17.8 Å². The highest BCUT2D eigenvalue weighted by molar-refractivity contribution is 7.90. The van der Waals surface area contributed by atoms with Crippen LogP contribution in [0.15, 0.2) is 94.7 Å². The van der Waals surface area contributed by atoms with Crippen molar-refractivity contribution < 1.29 is 26.4 Å². The molecule has 0 radical (unpaired) electrons. The molecule has 0 spiro atoms. The van der Waals surface area contributed by atoms with Gasteiger partial charge in [0.05, 0.1) is 41.1 Å². The van der Waals surface area contributed by atoms with E-state index in [4.69, 9.17) is 4.74 Å². The maximum Gasteiger partial charge on any atom is 0.306 e. The first kappa shape index (κ1) is 24.2. The first-order valence-electron chi connectivity index (χ1n) is 11.3. The Morgan fingerprint density at radius 1 is 0.833 bits per heavy atom. The van der Waals surface area contributed by atoms with E-state index in [0.29, 0.717) is 22.2 Å².